The predicted molar refractivity (Wildman–Crippen MR) is 126 cm³/mol. The highest BCUT2D eigenvalue weighted by Gasteiger charge is 2.26. The molecular weight excluding hydrogens is 483 g/mol. The van der Waals surface area contributed by atoms with Crippen molar-refractivity contribution in [3.05, 3.63) is 46.9 Å². The summed E-state index contributed by atoms with van der Waals surface area (Å²) in [5.74, 6) is 0.790. The molecule has 8 nitrogen and oxygen atoms in total. The quantitative estimate of drug-likeness (QED) is 0.214. The highest BCUT2D eigenvalue weighted by Crippen LogP contribution is 2.24. The molecule has 0 aliphatic carbocycles. The van der Waals surface area contributed by atoms with Crippen molar-refractivity contribution in [2.45, 2.75) is 43.4 Å². The van der Waals surface area contributed by atoms with Crippen molar-refractivity contribution in [1.82, 2.24) is 19.9 Å². The maximum absolute atomic E-state index is 13.1. The Morgan fingerprint density at radius 2 is 2.00 bits per heavy atom. The van der Waals surface area contributed by atoms with Crippen LogP contribution in [0.15, 0.2) is 46.5 Å². The summed E-state index contributed by atoms with van der Waals surface area (Å²) in [6.07, 6.45) is -2.56. The van der Waals surface area contributed by atoms with E-state index in [0.717, 1.165) is 0 Å². The molecule has 0 unspecified atom stereocenters. The summed E-state index contributed by atoms with van der Waals surface area (Å²) < 4.78 is 43.6. The van der Waals surface area contributed by atoms with Crippen LogP contribution in [0.1, 0.15) is 32.1 Å². The zero-order valence-corrected chi connectivity index (χ0v) is 19.5. The number of H-pyrrole nitrogens is 1. The molecule has 2 aromatic heterocycles. The van der Waals surface area contributed by atoms with Crippen LogP contribution in [0.2, 0.25) is 0 Å². The number of aromatic nitrogens is 3. The van der Waals surface area contributed by atoms with Gasteiger partial charge in [0.2, 0.25) is 5.91 Å². The second-order valence-corrected chi connectivity index (χ2v) is 8.61. The number of carbonyl (C=O) groups is 1. The summed E-state index contributed by atoms with van der Waals surface area (Å²) in [7, 11) is 0. The number of nitrogens with zero attached hydrogens (tertiary/aromatic N) is 3. The van der Waals surface area contributed by atoms with Gasteiger partial charge in [-0.25, -0.2) is 4.98 Å². The van der Waals surface area contributed by atoms with Crippen molar-refractivity contribution < 1.29 is 22.7 Å². The van der Waals surface area contributed by atoms with E-state index in [9.17, 15) is 22.8 Å². The fourth-order valence-electron chi connectivity index (χ4n) is 3.20. The summed E-state index contributed by atoms with van der Waals surface area (Å²) in [6, 6.07) is 10.1. The number of ether oxygens (including phenoxy) is 1. The predicted octanol–water partition coefficient (Wildman–Crippen LogP) is 4.34. The number of alkyl halides is 3. The van der Waals surface area contributed by atoms with Gasteiger partial charge in [0, 0.05) is 31.3 Å². The summed E-state index contributed by atoms with van der Waals surface area (Å²) in [6.45, 7) is 0.246. The minimum atomic E-state index is -4.21. The Hall–Kier alpha value is -3.46. The van der Waals surface area contributed by atoms with Gasteiger partial charge in [0.05, 0.1) is 30.2 Å². The molecule has 2 N–H and O–H groups in total. The minimum Gasteiger partial charge on any atom is -0.494 e. The first-order valence-corrected chi connectivity index (χ1v) is 11.9. The van der Waals surface area contributed by atoms with Crippen LogP contribution in [0, 0.1) is 11.3 Å². The smallest absolute Gasteiger partial charge is 0.389 e. The lowest BCUT2D eigenvalue weighted by atomic mass is 10.3. The van der Waals surface area contributed by atoms with Crippen LogP contribution >= 0.6 is 11.8 Å². The van der Waals surface area contributed by atoms with Crippen LogP contribution < -0.4 is 15.6 Å². The summed E-state index contributed by atoms with van der Waals surface area (Å²) in [4.78, 5) is 32.5. The fourth-order valence-corrected chi connectivity index (χ4v) is 4.14. The first kappa shape index (κ1) is 26.2. The number of rotatable bonds is 12. The number of amides is 1. The number of benzene rings is 1. The van der Waals surface area contributed by atoms with E-state index in [-0.39, 0.29) is 37.3 Å². The normalized spacial score (nSPS) is 11.4. The Bertz CT molecular complexity index is 1230. The molecule has 0 bridgehead atoms. The fraction of sp³-hybridized carbons (Fsp3) is 0.391. The molecule has 0 radical (unpaired) electrons. The van der Waals surface area contributed by atoms with E-state index in [1.165, 1.54) is 16.3 Å². The van der Waals surface area contributed by atoms with Gasteiger partial charge in [-0.05, 0) is 43.2 Å². The van der Waals surface area contributed by atoms with Crippen molar-refractivity contribution in [2.24, 2.45) is 0 Å². The molecule has 0 aliphatic rings. The Labute approximate surface area is 203 Å². The first-order valence-electron chi connectivity index (χ1n) is 10.9. The number of thioether (sulfide) groups is 1. The Balaban J connectivity index is 1.68. The topological polar surface area (TPSA) is 113 Å². The van der Waals surface area contributed by atoms with Gasteiger partial charge >= 0.3 is 6.18 Å². The van der Waals surface area contributed by atoms with Crippen LogP contribution in [0.25, 0.3) is 16.7 Å². The van der Waals surface area contributed by atoms with Gasteiger partial charge in [-0.2, -0.15) is 18.4 Å². The lowest BCUT2D eigenvalue weighted by Crippen LogP contribution is -2.24. The molecule has 35 heavy (non-hydrogen) atoms. The summed E-state index contributed by atoms with van der Waals surface area (Å²) in [5.41, 5.74) is 0.712. The highest BCUT2D eigenvalue weighted by molar-refractivity contribution is 7.99. The third-order valence-corrected chi connectivity index (χ3v) is 5.89. The molecule has 0 saturated heterocycles. The third-order valence-electron chi connectivity index (χ3n) is 4.86. The molecule has 0 aliphatic heterocycles. The van der Waals surface area contributed by atoms with Crippen molar-refractivity contribution in [3.8, 4) is 17.5 Å². The molecule has 0 atom stereocenters. The lowest BCUT2D eigenvalue weighted by Gasteiger charge is -2.13. The van der Waals surface area contributed by atoms with Crippen LogP contribution in [0.5, 0.6) is 5.75 Å². The van der Waals surface area contributed by atoms with E-state index < -0.39 is 12.6 Å². The SMILES string of the molecule is N#CCCNC(=O)CCCSc1nc2[nH]ccc2c(=O)n1-c1ccc(OCCCC(F)(F)F)cc1. The summed E-state index contributed by atoms with van der Waals surface area (Å²) in [5, 5.41) is 12.0. The molecule has 186 valence electrons. The van der Waals surface area contributed by atoms with Crippen LogP contribution in [0.3, 0.4) is 0 Å². The average molecular weight is 508 g/mol. The van der Waals surface area contributed by atoms with E-state index in [4.69, 9.17) is 10.00 Å². The van der Waals surface area contributed by atoms with Gasteiger partial charge in [0.15, 0.2) is 5.16 Å². The van der Waals surface area contributed by atoms with Crippen LogP contribution in [0.4, 0.5) is 13.2 Å². The van der Waals surface area contributed by atoms with Crippen molar-refractivity contribution in [3.63, 3.8) is 0 Å². The number of fused-ring (bicyclic) bond motifs is 1. The van der Waals surface area contributed by atoms with Gasteiger partial charge in [-0.3, -0.25) is 14.2 Å². The Morgan fingerprint density at radius 3 is 2.71 bits per heavy atom. The lowest BCUT2D eigenvalue weighted by molar-refractivity contribution is -0.136. The number of hydrogen-bond acceptors (Lipinski definition) is 6. The first-order chi connectivity index (χ1) is 16.8. The number of hydrogen-bond donors (Lipinski definition) is 2. The molecule has 1 aromatic carbocycles. The maximum atomic E-state index is 13.1. The number of aromatic amines is 1. The second-order valence-electron chi connectivity index (χ2n) is 7.55. The molecule has 1 amide bonds. The standard InChI is InChI=1S/C23H24F3N5O3S/c24-23(25,26)10-2-14-34-17-7-5-16(6-8-17)31-21(33)18-9-13-29-20(18)30-22(31)35-15-1-4-19(32)28-12-3-11-27/h5-9,13,29H,1-4,10,12,14-15H2,(H,28,32). The molecule has 0 fully saturated rings. The summed E-state index contributed by atoms with van der Waals surface area (Å²) >= 11 is 1.33. The zero-order valence-electron chi connectivity index (χ0n) is 18.7. The molecule has 3 rings (SSSR count). The van der Waals surface area contributed by atoms with Gasteiger partial charge in [-0.1, -0.05) is 11.8 Å². The van der Waals surface area contributed by atoms with Crippen LogP contribution in [-0.2, 0) is 4.79 Å². The second kappa shape index (κ2) is 12.3. The number of halogens is 3. The van der Waals surface area contributed by atoms with Gasteiger partial charge < -0.3 is 15.0 Å². The Morgan fingerprint density at radius 1 is 1.23 bits per heavy atom. The Kier molecular flexibility index (Phi) is 9.19. The van der Waals surface area contributed by atoms with Crippen molar-refractivity contribution in [2.75, 3.05) is 18.9 Å². The molecular formula is C23H24F3N5O3S. The molecule has 0 saturated carbocycles. The van der Waals surface area contributed by atoms with Crippen molar-refractivity contribution in [1.29, 1.82) is 5.26 Å². The number of carbonyl (C=O) groups excluding carboxylic acids is 1. The monoisotopic (exact) mass is 507 g/mol. The van der Waals surface area contributed by atoms with E-state index in [1.807, 2.05) is 6.07 Å². The van der Waals surface area contributed by atoms with Gasteiger partial charge in [0.1, 0.15) is 11.4 Å². The number of nitrogens with one attached hydrogen (secondary N) is 2. The third kappa shape index (κ3) is 7.78. The molecule has 0 spiro atoms. The van der Waals surface area contributed by atoms with E-state index in [2.05, 4.69) is 15.3 Å². The van der Waals surface area contributed by atoms with Crippen LogP contribution in [-0.4, -0.2) is 45.5 Å². The maximum Gasteiger partial charge on any atom is 0.389 e. The van der Waals surface area contributed by atoms with Gasteiger partial charge in [-0.15, -0.1) is 0 Å². The average Bonchev–Trinajstić information content (AvgIpc) is 3.29. The molecule has 12 heteroatoms. The molecule has 2 heterocycles. The highest BCUT2D eigenvalue weighted by atomic mass is 32.2. The number of nitriles is 1. The molecule has 3 aromatic rings. The minimum absolute atomic E-state index is 0.0686. The van der Waals surface area contributed by atoms with Gasteiger partial charge in [0.25, 0.3) is 5.56 Å². The zero-order chi connectivity index (χ0) is 25.3. The van der Waals surface area contributed by atoms with Crippen molar-refractivity contribution >= 4 is 28.7 Å². The van der Waals surface area contributed by atoms with E-state index in [0.29, 0.717) is 46.3 Å². The largest absolute Gasteiger partial charge is 0.494 e. The van der Waals surface area contributed by atoms with E-state index in [1.54, 1.807) is 36.5 Å². The van der Waals surface area contributed by atoms with E-state index >= 15 is 0 Å².